The van der Waals surface area contributed by atoms with Gasteiger partial charge in [-0.3, -0.25) is 19.2 Å². The Morgan fingerprint density at radius 2 is 1.30 bits per heavy atom. The van der Waals surface area contributed by atoms with Crippen molar-refractivity contribution in [2.75, 3.05) is 13.1 Å². The van der Waals surface area contributed by atoms with Crippen molar-refractivity contribution in [3.8, 4) is 0 Å². The molecule has 0 spiro atoms. The highest BCUT2D eigenvalue weighted by molar-refractivity contribution is 5.92. The van der Waals surface area contributed by atoms with Crippen LogP contribution in [0.2, 0.25) is 0 Å². The molecule has 10 nitrogen and oxygen atoms in total. The molecule has 40 heavy (non-hydrogen) atoms. The van der Waals surface area contributed by atoms with Gasteiger partial charge in [0.05, 0.1) is 6.54 Å². The lowest BCUT2D eigenvalue weighted by Gasteiger charge is -2.25. The molecule has 1 rings (SSSR count). The van der Waals surface area contributed by atoms with Crippen molar-refractivity contribution < 1.29 is 34.2 Å². The molecule has 1 saturated heterocycles. The maximum atomic E-state index is 12.6. The van der Waals surface area contributed by atoms with E-state index in [2.05, 4.69) is 17.6 Å². The highest BCUT2D eigenvalue weighted by Crippen LogP contribution is 2.18. The van der Waals surface area contributed by atoms with Crippen LogP contribution < -0.4 is 10.6 Å². The Morgan fingerprint density at radius 1 is 0.775 bits per heavy atom. The Kier molecular flexibility index (Phi) is 19.5. The van der Waals surface area contributed by atoms with Gasteiger partial charge in [0.1, 0.15) is 12.1 Å². The number of likely N-dealkylation sites (tertiary alicyclic amines) is 1. The third-order valence-corrected chi connectivity index (χ3v) is 7.58. The van der Waals surface area contributed by atoms with Gasteiger partial charge in [-0.1, -0.05) is 96.8 Å². The summed E-state index contributed by atoms with van der Waals surface area (Å²) in [7, 11) is 0. The van der Waals surface area contributed by atoms with Crippen molar-refractivity contribution in [1.29, 1.82) is 0 Å². The molecule has 0 aromatic rings. The van der Waals surface area contributed by atoms with Crippen LogP contribution in [0.15, 0.2) is 0 Å². The first-order valence-electron chi connectivity index (χ1n) is 15.6. The van der Waals surface area contributed by atoms with Gasteiger partial charge in [0.25, 0.3) is 0 Å². The van der Waals surface area contributed by atoms with E-state index < -0.39 is 36.4 Å². The predicted molar refractivity (Wildman–Crippen MR) is 154 cm³/mol. The van der Waals surface area contributed by atoms with E-state index in [0.717, 1.165) is 19.3 Å². The minimum Gasteiger partial charge on any atom is -0.481 e. The Balaban J connectivity index is 2.13. The number of nitrogens with zero attached hydrogens (tertiary/aromatic N) is 1. The maximum Gasteiger partial charge on any atom is 0.326 e. The lowest BCUT2D eigenvalue weighted by molar-refractivity contribution is -0.144. The molecule has 10 heteroatoms. The van der Waals surface area contributed by atoms with Gasteiger partial charge in [-0.25, -0.2) is 4.79 Å². The van der Waals surface area contributed by atoms with Gasteiger partial charge < -0.3 is 25.7 Å². The highest BCUT2D eigenvalue weighted by atomic mass is 16.4. The van der Waals surface area contributed by atoms with E-state index in [-0.39, 0.29) is 24.8 Å². The zero-order valence-electron chi connectivity index (χ0n) is 24.6. The third-order valence-electron chi connectivity index (χ3n) is 7.58. The molecule has 4 N–H and O–H groups in total. The van der Waals surface area contributed by atoms with Gasteiger partial charge >= 0.3 is 11.9 Å². The number of carboxylic acids is 2. The average molecular weight is 568 g/mol. The Bertz CT molecular complexity index is 774. The van der Waals surface area contributed by atoms with Gasteiger partial charge in [0, 0.05) is 19.4 Å². The molecule has 0 aromatic carbocycles. The van der Waals surface area contributed by atoms with Crippen LogP contribution in [0.25, 0.3) is 0 Å². The molecule has 0 aliphatic carbocycles. The number of nitrogens with one attached hydrogen (secondary N) is 2. The van der Waals surface area contributed by atoms with Gasteiger partial charge in [-0.05, 0) is 25.7 Å². The molecule has 0 radical (unpaired) electrons. The second kappa shape index (κ2) is 22.1. The van der Waals surface area contributed by atoms with Crippen molar-refractivity contribution in [2.24, 2.45) is 0 Å². The van der Waals surface area contributed by atoms with E-state index in [4.69, 9.17) is 5.11 Å². The first kappa shape index (κ1) is 35.4. The second-order valence-electron chi connectivity index (χ2n) is 11.1. The van der Waals surface area contributed by atoms with Crippen molar-refractivity contribution in [2.45, 2.75) is 147 Å². The number of aliphatic carboxylic acids is 2. The summed E-state index contributed by atoms with van der Waals surface area (Å²) in [5, 5.41) is 23.0. The van der Waals surface area contributed by atoms with Crippen LogP contribution in [-0.4, -0.2) is 69.9 Å². The van der Waals surface area contributed by atoms with E-state index in [1.807, 2.05) is 0 Å². The lowest BCUT2D eigenvalue weighted by atomic mass is 10.0. The number of amides is 3. The fourth-order valence-corrected chi connectivity index (χ4v) is 5.15. The standard InChI is InChI=1S/C30H53N3O7/c1-2-3-4-5-6-7-8-9-10-11-12-13-14-15-16-19-26(34)31-23-27(35)33-22-17-18-25(33)29(38)32-24(30(39)40)20-21-28(36)37/h24-25H,2-23H2,1H3,(H,31,34)(H,32,38)(H,36,37)(H,39,40)/t24-,25-/m0/s1. The van der Waals surface area contributed by atoms with Crippen molar-refractivity contribution in [3.63, 3.8) is 0 Å². The Morgan fingerprint density at radius 3 is 1.80 bits per heavy atom. The second-order valence-corrected chi connectivity index (χ2v) is 11.1. The van der Waals surface area contributed by atoms with Crippen LogP contribution in [0.4, 0.5) is 0 Å². The topological polar surface area (TPSA) is 153 Å². The molecule has 3 amide bonds. The van der Waals surface area contributed by atoms with Gasteiger partial charge in [-0.2, -0.15) is 0 Å². The normalized spacial score (nSPS) is 15.5. The fraction of sp³-hybridized carbons (Fsp3) is 0.833. The van der Waals surface area contributed by atoms with E-state index >= 15 is 0 Å². The molecule has 230 valence electrons. The molecular formula is C30H53N3O7. The van der Waals surface area contributed by atoms with Crippen molar-refractivity contribution in [3.05, 3.63) is 0 Å². The van der Waals surface area contributed by atoms with Crippen LogP contribution >= 0.6 is 0 Å². The SMILES string of the molecule is CCCCCCCCCCCCCCCCCC(=O)NCC(=O)N1CCC[C@H]1C(=O)N[C@@H](CCC(=O)O)C(=O)O. The summed E-state index contributed by atoms with van der Waals surface area (Å²) in [4.78, 5) is 60.9. The number of rotatable bonds is 24. The number of carbonyl (C=O) groups excluding carboxylic acids is 3. The molecule has 0 aromatic heterocycles. The maximum absolute atomic E-state index is 12.6. The first-order valence-corrected chi connectivity index (χ1v) is 15.6. The van der Waals surface area contributed by atoms with Crippen LogP contribution in [-0.2, 0) is 24.0 Å². The Labute approximate surface area is 240 Å². The van der Waals surface area contributed by atoms with Crippen molar-refractivity contribution in [1.82, 2.24) is 15.5 Å². The zero-order valence-corrected chi connectivity index (χ0v) is 24.6. The molecular weight excluding hydrogens is 514 g/mol. The van der Waals surface area contributed by atoms with Crippen LogP contribution in [0, 0.1) is 0 Å². The number of hydrogen-bond donors (Lipinski definition) is 4. The largest absolute Gasteiger partial charge is 0.481 e. The van der Waals surface area contributed by atoms with E-state index in [1.165, 1.54) is 81.9 Å². The van der Waals surface area contributed by atoms with Gasteiger partial charge in [0.15, 0.2) is 0 Å². The number of unbranched alkanes of at least 4 members (excludes halogenated alkanes) is 14. The molecule has 2 atom stereocenters. The number of hydrogen-bond acceptors (Lipinski definition) is 5. The predicted octanol–water partition coefficient (Wildman–Crippen LogP) is 4.79. The lowest BCUT2D eigenvalue weighted by Crippen LogP contribution is -2.52. The van der Waals surface area contributed by atoms with E-state index in [9.17, 15) is 29.1 Å². The number of carbonyl (C=O) groups is 5. The summed E-state index contributed by atoms with van der Waals surface area (Å²) in [5.74, 6) is -3.68. The summed E-state index contributed by atoms with van der Waals surface area (Å²) >= 11 is 0. The highest BCUT2D eigenvalue weighted by Gasteiger charge is 2.35. The molecule has 1 aliphatic rings. The van der Waals surface area contributed by atoms with Crippen LogP contribution in [0.5, 0.6) is 0 Å². The average Bonchev–Trinajstić information content (AvgIpc) is 3.42. The molecule has 0 bridgehead atoms. The quantitative estimate of drug-likeness (QED) is 0.122. The summed E-state index contributed by atoms with van der Waals surface area (Å²) in [6.07, 6.45) is 19.5. The Hall–Kier alpha value is -2.65. The van der Waals surface area contributed by atoms with Crippen LogP contribution in [0.1, 0.15) is 135 Å². The molecule has 0 unspecified atom stereocenters. The monoisotopic (exact) mass is 567 g/mol. The fourth-order valence-electron chi connectivity index (χ4n) is 5.15. The molecule has 0 saturated carbocycles. The minimum absolute atomic E-state index is 0.192. The van der Waals surface area contributed by atoms with Crippen molar-refractivity contribution >= 4 is 29.7 Å². The van der Waals surface area contributed by atoms with E-state index in [0.29, 0.717) is 25.8 Å². The van der Waals surface area contributed by atoms with Gasteiger partial charge in [-0.15, -0.1) is 0 Å². The zero-order chi connectivity index (χ0) is 29.6. The molecule has 1 aliphatic heterocycles. The first-order chi connectivity index (χ1) is 19.3. The smallest absolute Gasteiger partial charge is 0.326 e. The summed E-state index contributed by atoms with van der Waals surface area (Å²) in [5.41, 5.74) is 0. The molecule has 1 heterocycles. The minimum atomic E-state index is -1.34. The van der Waals surface area contributed by atoms with E-state index in [1.54, 1.807) is 0 Å². The molecule has 1 fully saturated rings. The van der Waals surface area contributed by atoms with Crippen LogP contribution in [0.3, 0.4) is 0 Å². The van der Waals surface area contributed by atoms with Gasteiger partial charge in [0.2, 0.25) is 17.7 Å². The summed E-state index contributed by atoms with van der Waals surface area (Å²) < 4.78 is 0. The number of carboxylic acid groups (broad SMARTS) is 2. The summed E-state index contributed by atoms with van der Waals surface area (Å²) in [6.45, 7) is 2.39. The summed E-state index contributed by atoms with van der Waals surface area (Å²) in [6, 6.07) is -2.16. The third kappa shape index (κ3) is 16.5.